The van der Waals surface area contributed by atoms with Crippen LogP contribution in [-0.4, -0.2) is 14.4 Å². The summed E-state index contributed by atoms with van der Waals surface area (Å²) in [7, 11) is 0. The second-order valence-corrected chi connectivity index (χ2v) is 6.50. The number of halogens is 3. The number of carbonyl (C=O) groups is 1. The number of benzene rings is 1. The number of ketones is 1. The number of nitro benzene ring substituents is 1. The van der Waals surface area contributed by atoms with Gasteiger partial charge in [0.15, 0.2) is 5.78 Å². The van der Waals surface area contributed by atoms with E-state index < -0.39 is 8.66 Å². The molecule has 1 rings (SSSR count). The van der Waals surface area contributed by atoms with Crippen molar-refractivity contribution in [1.82, 2.24) is 0 Å². The molecular formula is C8H4Br3NO3. The molecule has 7 heteroatoms. The monoisotopic (exact) mass is 399 g/mol. The summed E-state index contributed by atoms with van der Waals surface area (Å²) < 4.78 is -0.185. The van der Waals surface area contributed by atoms with Crippen molar-refractivity contribution in [3.63, 3.8) is 0 Å². The normalized spacial score (nSPS) is 10.4. The van der Waals surface area contributed by atoms with Crippen LogP contribution >= 0.6 is 47.8 Å². The number of rotatable bonds is 3. The van der Waals surface area contributed by atoms with Gasteiger partial charge in [-0.25, -0.2) is 0 Å². The maximum absolute atomic E-state index is 11.5. The first-order valence-electron chi connectivity index (χ1n) is 3.70. The highest BCUT2D eigenvalue weighted by atomic mass is 79.9. The largest absolute Gasteiger partial charge is 0.292 e. The van der Waals surface area contributed by atoms with E-state index in [2.05, 4.69) is 47.8 Å². The number of hydrogen-bond acceptors (Lipinski definition) is 3. The first-order valence-corrected chi connectivity index (χ1v) is 6.32. The third kappa shape index (κ3) is 3.09. The summed E-state index contributed by atoms with van der Waals surface area (Å²) in [6, 6.07) is 4.24. The predicted molar refractivity (Wildman–Crippen MR) is 66.8 cm³/mol. The van der Waals surface area contributed by atoms with Gasteiger partial charge in [0.1, 0.15) is 3.74 Å². The molecule has 0 unspecified atom stereocenters. The summed E-state index contributed by atoms with van der Waals surface area (Å²) in [5, 5.41) is 10.6. The van der Waals surface area contributed by atoms with Gasteiger partial charge in [-0.1, -0.05) is 31.9 Å². The Hall–Kier alpha value is -0.270. The lowest BCUT2D eigenvalue weighted by Gasteiger charge is -2.02. The standard InChI is InChI=1S/C8H4Br3NO3/c9-5-2-1-4(7(13)8(10)11)3-6(5)12(14)15/h1-3,8H. The van der Waals surface area contributed by atoms with Gasteiger partial charge < -0.3 is 0 Å². The Balaban J connectivity index is 3.19. The van der Waals surface area contributed by atoms with Crippen molar-refractivity contribution in [2.45, 2.75) is 3.74 Å². The molecule has 0 saturated carbocycles. The van der Waals surface area contributed by atoms with Crippen LogP contribution in [0, 0.1) is 10.1 Å². The van der Waals surface area contributed by atoms with E-state index in [0.29, 0.717) is 4.47 Å². The van der Waals surface area contributed by atoms with E-state index in [-0.39, 0.29) is 17.0 Å². The molecule has 0 fully saturated rings. The van der Waals surface area contributed by atoms with Gasteiger partial charge in [0.2, 0.25) is 0 Å². The van der Waals surface area contributed by atoms with Gasteiger partial charge in [-0.05, 0) is 28.1 Å². The molecular weight excluding hydrogens is 398 g/mol. The average molecular weight is 402 g/mol. The van der Waals surface area contributed by atoms with Crippen LogP contribution in [0.4, 0.5) is 5.69 Å². The number of alkyl halides is 2. The minimum absolute atomic E-state index is 0.124. The molecule has 0 aromatic heterocycles. The van der Waals surface area contributed by atoms with Crippen molar-refractivity contribution in [3.8, 4) is 0 Å². The summed E-state index contributed by atoms with van der Waals surface area (Å²) >= 11 is 9.13. The molecule has 0 heterocycles. The van der Waals surface area contributed by atoms with Crippen molar-refractivity contribution in [2.24, 2.45) is 0 Å². The van der Waals surface area contributed by atoms with Crippen LogP contribution in [0.2, 0.25) is 0 Å². The molecule has 0 aliphatic heterocycles. The number of carbonyl (C=O) groups excluding carboxylic acids is 1. The Morgan fingerprint density at radius 2 is 2.00 bits per heavy atom. The fourth-order valence-corrected chi connectivity index (χ4v) is 1.85. The maximum atomic E-state index is 11.5. The Morgan fingerprint density at radius 1 is 1.40 bits per heavy atom. The predicted octanol–water partition coefficient (Wildman–Crippen LogP) is 3.66. The number of Topliss-reactive ketones (excluding diaryl/α,β-unsaturated/α-hetero) is 1. The first kappa shape index (κ1) is 12.8. The molecule has 0 bridgehead atoms. The van der Waals surface area contributed by atoms with Gasteiger partial charge in [0.05, 0.1) is 9.40 Å². The highest BCUT2D eigenvalue weighted by Gasteiger charge is 2.18. The Bertz CT molecular complexity index is 420. The minimum Gasteiger partial charge on any atom is -0.292 e. The fourth-order valence-electron chi connectivity index (χ4n) is 0.932. The first-order chi connectivity index (χ1) is 6.93. The van der Waals surface area contributed by atoms with Gasteiger partial charge in [-0.2, -0.15) is 0 Å². The second-order valence-electron chi connectivity index (χ2n) is 2.59. The molecule has 0 aliphatic carbocycles. The van der Waals surface area contributed by atoms with E-state index in [1.807, 2.05) is 0 Å². The lowest BCUT2D eigenvalue weighted by Crippen LogP contribution is -2.07. The molecule has 0 atom stereocenters. The third-order valence-corrected chi connectivity index (χ3v) is 3.13. The Kier molecular flexibility index (Phi) is 4.42. The smallest absolute Gasteiger partial charge is 0.284 e. The molecule has 80 valence electrons. The van der Waals surface area contributed by atoms with Crippen molar-refractivity contribution in [3.05, 3.63) is 38.3 Å². The highest BCUT2D eigenvalue weighted by molar-refractivity contribution is 9.25. The van der Waals surface area contributed by atoms with Crippen LogP contribution in [0.15, 0.2) is 22.7 Å². The van der Waals surface area contributed by atoms with Gasteiger partial charge in [0, 0.05) is 11.6 Å². The lowest BCUT2D eigenvalue weighted by molar-refractivity contribution is -0.385. The molecule has 1 aromatic carbocycles. The minimum atomic E-state index is -0.543. The van der Waals surface area contributed by atoms with Gasteiger partial charge in [-0.15, -0.1) is 0 Å². The molecule has 1 aromatic rings. The summed E-state index contributed by atoms with van der Waals surface area (Å²) in [6.45, 7) is 0. The van der Waals surface area contributed by atoms with E-state index in [0.717, 1.165) is 0 Å². The van der Waals surface area contributed by atoms with E-state index >= 15 is 0 Å². The van der Waals surface area contributed by atoms with Gasteiger partial charge >= 0.3 is 0 Å². The zero-order chi connectivity index (χ0) is 11.6. The van der Waals surface area contributed by atoms with Crippen LogP contribution < -0.4 is 0 Å². The number of nitro groups is 1. The molecule has 15 heavy (non-hydrogen) atoms. The SMILES string of the molecule is O=C(c1ccc(Br)c([N+](=O)[O-])c1)C(Br)Br. The van der Waals surface area contributed by atoms with Crippen molar-refractivity contribution >= 4 is 59.3 Å². The summed E-state index contributed by atoms with van der Waals surface area (Å²) in [4.78, 5) is 21.6. The summed E-state index contributed by atoms with van der Waals surface area (Å²) in [5.41, 5.74) is 0.158. The third-order valence-electron chi connectivity index (χ3n) is 1.63. The van der Waals surface area contributed by atoms with Crippen molar-refractivity contribution < 1.29 is 9.72 Å². The van der Waals surface area contributed by atoms with E-state index in [9.17, 15) is 14.9 Å². The molecule has 0 saturated heterocycles. The molecule has 0 spiro atoms. The molecule has 4 nitrogen and oxygen atoms in total. The summed E-state index contributed by atoms with van der Waals surface area (Å²) in [6.07, 6.45) is 0. The molecule has 0 radical (unpaired) electrons. The maximum Gasteiger partial charge on any atom is 0.284 e. The zero-order valence-electron chi connectivity index (χ0n) is 7.12. The van der Waals surface area contributed by atoms with Crippen LogP contribution in [0.1, 0.15) is 10.4 Å². The van der Waals surface area contributed by atoms with E-state index in [1.165, 1.54) is 18.2 Å². The van der Waals surface area contributed by atoms with E-state index in [1.54, 1.807) is 0 Å². The molecule has 0 aliphatic rings. The number of hydrogen-bond donors (Lipinski definition) is 0. The molecule has 0 N–H and O–H groups in total. The van der Waals surface area contributed by atoms with Crippen LogP contribution in [0.25, 0.3) is 0 Å². The van der Waals surface area contributed by atoms with Crippen LogP contribution in [0.3, 0.4) is 0 Å². The van der Waals surface area contributed by atoms with Crippen molar-refractivity contribution in [2.75, 3.05) is 0 Å². The second kappa shape index (κ2) is 5.18. The Labute approximate surface area is 111 Å². The zero-order valence-corrected chi connectivity index (χ0v) is 11.9. The van der Waals surface area contributed by atoms with E-state index in [4.69, 9.17) is 0 Å². The number of nitrogens with zero attached hydrogens (tertiary/aromatic N) is 1. The molecule has 0 amide bonds. The van der Waals surface area contributed by atoms with Crippen molar-refractivity contribution in [1.29, 1.82) is 0 Å². The van der Waals surface area contributed by atoms with Gasteiger partial charge in [-0.3, -0.25) is 14.9 Å². The Morgan fingerprint density at radius 3 is 2.47 bits per heavy atom. The quantitative estimate of drug-likeness (QED) is 0.336. The van der Waals surface area contributed by atoms with Crippen LogP contribution in [0.5, 0.6) is 0 Å². The lowest BCUT2D eigenvalue weighted by atomic mass is 10.1. The topological polar surface area (TPSA) is 60.2 Å². The average Bonchev–Trinajstić information content (AvgIpc) is 2.16. The fraction of sp³-hybridized carbons (Fsp3) is 0.125. The van der Waals surface area contributed by atoms with Crippen LogP contribution in [-0.2, 0) is 0 Å². The highest BCUT2D eigenvalue weighted by Crippen LogP contribution is 2.27. The summed E-state index contributed by atoms with van der Waals surface area (Å²) in [5.74, 6) is -0.259. The van der Waals surface area contributed by atoms with Gasteiger partial charge in [0.25, 0.3) is 5.69 Å².